The maximum Gasteiger partial charge on any atom is 0.153 e. The van der Waals surface area contributed by atoms with Gasteiger partial charge >= 0.3 is 0 Å². The van der Waals surface area contributed by atoms with E-state index in [4.69, 9.17) is 11.6 Å². The topological polar surface area (TPSA) is 29.0 Å². The van der Waals surface area contributed by atoms with Gasteiger partial charge in [-0.25, -0.2) is 0 Å². The van der Waals surface area contributed by atoms with Crippen LogP contribution >= 0.6 is 11.6 Å². The second-order valence-corrected chi connectivity index (χ2v) is 5.00. The van der Waals surface area contributed by atoms with E-state index in [0.29, 0.717) is 10.6 Å². The smallest absolute Gasteiger partial charge is 0.153 e. The summed E-state index contributed by atoms with van der Waals surface area (Å²) >= 11 is 5.86. The lowest BCUT2D eigenvalue weighted by atomic mass is 9.82. The number of hydrogen-bond acceptors (Lipinski definition) is 3. The van der Waals surface area contributed by atoms with Gasteiger partial charge in [0.1, 0.15) is 0 Å². The highest BCUT2D eigenvalue weighted by molar-refractivity contribution is 6.29. The zero-order valence-electron chi connectivity index (χ0n) is 9.91. The summed E-state index contributed by atoms with van der Waals surface area (Å²) in [7, 11) is 0. The fraction of sp³-hybridized carbons (Fsp3) is 0.667. The lowest BCUT2D eigenvalue weighted by Gasteiger charge is -2.27. The molecule has 1 aliphatic rings. The van der Waals surface area contributed by atoms with E-state index in [1.807, 2.05) is 6.07 Å². The molecule has 16 heavy (non-hydrogen) atoms. The molecule has 0 atom stereocenters. The average Bonchev–Trinajstić information content (AvgIpc) is 2.74. The van der Waals surface area contributed by atoms with Crippen LogP contribution in [0.3, 0.4) is 0 Å². The van der Waals surface area contributed by atoms with Crippen LogP contribution in [-0.4, -0.2) is 23.3 Å². The van der Waals surface area contributed by atoms with Gasteiger partial charge in [-0.2, -0.15) is 5.10 Å². The quantitative estimate of drug-likeness (QED) is 0.812. The van der Waals surface area contributed by atoms with Crippen LogP contribution in [0.25, 0.3) is 0 Å². The third-order valence-corrected chi connectivity index (χ3v) is 4.10. The fourth-order valence-electron chi connectivity index (χ4n) is 2.49. The van der Waals surface area contributed by atoms with E-state index in [9.17, 15) is 0 Å². The summed E-state index contributed by atoms with van der Waals surface area (Å²) < 4.78 is 0. The van der Waals surface area contributed by atoms with E-state index in [2.05, 4.69) is 28.9 Å². The van der Waals surface area contributed by atoms with E-state index < -0.39 is 0 Å². The van der Waals surface area contributed by atoms with Crippen molar-refractivity contribution >= 4 is 17.3 Å². The highest BCUT2D eigenvalue weighted by atomic mass is 35.5. The van der Waals surface area contributed by atoms with Gasteiger partial charge in [-0.1, -0.05) is 25.4 Å². The highest BCUT2D eigenvalue weighted by Gasteiger charge is 2.35. The van der Waals surface area contributed by atoms with Gasteiger partial charge < -0.3 is 4.90 Å². The van der Waals surface area contributed by atoms with Gasteiger partial charge in [-0.05, 0) is 24.7 Å². The molecular formula is C12H18ClN3. The average molecular weight is 240 g/mol. The molecule has 0 aliphatic carbocycles. The van der Waals surface area contributed by atoms with Crippen molar-refractivity contribution < 1.29 is 0 Å². The maximum absolute atomic E-state index is 5.86. The van der Waals surface area contributed by atoms with Crippen molar-refractivity contribution in [1.29, 1.82) is 0 Å². The Bertz CT molecular complexity index is 363. The first-order chi connectivity index (χ1) is 7.69. The number of hydrogen-bond donors (Lipinski definition) is 0. The second-order valence-electron chi connectivity index (χ2n) is 4.62. The summed E-state index contributed by atoms with van der Waals surface area (Å²) in [5.74, 6) is 0. The van der Waals surface area contributed by atoms with Crippen LogP contribution in [0.5, 0.6) is 0 Å². The van der Waals surface area contributed by atoms with Crippen molar-refractivity contribution in [2.24, 2.45) is 5.41 Å². The molecule has 0 spiro atoms. The van der Waals surface area contributed by atoms with Crippen molar-refractivity contribution in [3.05, 3.63) is 17.4 Å². The minimum atomic E-state index is 0.475. The number of nitrogens with zero attached hydrogens (tertiary/aromatic N) is 3. The zero-order chi connectivity index (χ0) is 11.6. The molecule has 1 aromatic heterocycles. The molecule has 1 fully saturated rings. The summed E-state index contributed by atoms with van der Waals surface area (Å²) in [4.78, 5) is 2.37. The summed E-state index contributed by atoms with van der Waals surface area (Å²) in [6, 6.07) is 1.90. The van der Waals surface area contributed by atoms with Crippen LogP contribution in [-0.2, 0) is 0 Å². The van der Waals surface area contributed by atoms with Crippen LogP contribution in [0.2, 0.25) is 5.15 Å². The van der Waals surface area contributed by atoms with Crippen LogP contribution < -0.4 is 4.90 Å². The molecule has 0 radical (unpaired) electrons. The third kappa shape index (κ3) is 2.14. The minimum Gasteiger partial charge on any atom is -0.370 e. The van der Waals surface area contributed by atoms with Gasteiger partial charge in [0.2, 0.25) is 0 Å². The molecule has 0 aromatic carbocycles. The van der Waals surface area contributed by atoms with E-state index in [0.717, 1.165) is 18.8 Å². The highest BCUT2D eigenvalue weighted by Crippen LogP contribution is 2.38. The van der Waals surface area contributed by atoms with Crippen molar-refractivity contribution in [1.82, 2.24) is 10.2 Å². The number of rotatable bonds is 3. The summed E-state index contributed by atoms with van der Waals surface area (Å²) in [6.07, 6.45) is 5.55. The van der Waals surface area contributed by atoms with Gasteiger partial charge in [0.05, 0.1) is 11.9 Å². The summed E-state index contributed by atoms with van der Waals surface area (Å²) in [6.45, 7) is 6.78. The molecule has 4 heteroatoms. The second kappa shape index (κ2) is 4.58. The summed E-state index contributed by atoms with van der Waals surface area (Å²) in [5.41, 5.74) is 1.58. The van der Waals surface area contributed by atoms with Gasteiger partial charge in [-0.3, -0.25) is 0 Å². The molecule has 0 bridgehead atoms. The number of aromatic nitrogens is 2. The molecule has 0 amide bonds. The molecule has 1 aromatic rings. The van der Waals surface area contributed by atoms with Crippen molar-refractivity contribution in [2.45, 2.75) is 33.1 Å². The van der Waals surface area contributed by atoms with Gasteiger partial charge in [0.25, 0.3) is 0 Å². The molecule has 0 saturated carbocycles. The van der Waals surface area contributed by atoms with Crippen LogP contribution in [0.1, 0.15) is 33.1 Å². The Hall–Kier alpha value is -0.830. The first kappa shape index (κ1) is 11.6. The first-order valence-electron chi connectivity index (χ1n) is 5.92. The van der Waals surface area contributed by atoms with Gasteiger partial charge in [0.15, 0.2) is 5.15 Å². The molecular weight excluding hydrogens is 222 g/mol. The molecule has 2 rings (SSSR count). The Labute approximate surface area is 102 Å². The Morgan fingerprint density at radius 3 is 2.75 bits per heavy atom. The van der Waals surface area contributed by atoms with E-state index in [1.165, 1.54) is 19.3 Å². The Morgan fingerprint density at radius 1 is 1.44 bits per heavy atom. The lowest BCUT2D eigenvalue weighted by Crippen LogP contribution is -2.26. The molecule has 0 unspecified atom stereocenters. The fourth-order valence-corrected chi connectivity index (χ4v) is 2.64. The minimum absolute atomic E-state index is 0.475. The summed E-state index contributed by atoms with van der Waals surface area (Å²) in [5, 5.41) is 8.16. The Balaban J connectivity index is 2.14. The van der Waals surface area contributed by atoms with E-state index >= 15 is 0 Å². The van der Waals surface area contributed by atoms with Crippen molar-refractivity contribution in [3.63, 3.8) is 0 Å². The van der Waals surface area contributed by atoms with Gasteiger partial charge in [-0.15, -0.1) is 5.10 Å². The predicted molar refractivity (Wildman–Crippen MR) is 66.9 cm³/mol. The van der Waals surface area contributed by atoms with Crippen LogP contribution in [0, 0.1) is 5.41 Å². The molecule has 1 aliphatic heterocycles. The molecule has 1 saturated heterocycles. The van der Waals surface area contributed by atoms with E-state index in [1.54, 1.807) is 6.20 Å². The van der Waals surface area contributed by atoms with E-state index in [-0.39, 0.29) is 0 Å². The number of halogens is 1. The monoisotopic (exact) mass is 239 g/mol. The molecule has 88 valence electrons. The molecule has 3 nitrogen and oxygen atoms in total. The Kier molecular flexibility index (Phi) is 3.33. The first-order valence-corrected chi connectivity index (χ1v) is 6.30. The normalized spacial score (nSPS) is 19.1. The lowest BCUT2D eigenvalue weighted by molar-refractivity contribution is 0.301. The third-order valence-electron chi connectivity index (χ3n) is 3.91. The predicted octanol–water partition coefficient (Wildman–Crippen LogP) is 3.15. The van der Waals surface area contributed by atoms with Crippen LogP contribution in [0.15, 0.2) is 12.3 Å². The SMILES string of the molecule is CCC1(CC)CCN(c2cnnc(Cl)c2)C1. The van der Waals surface area contributed by atoms with Gasteiger partial charge in [0, 0.05) is 19.2 Å². The maximum atomic E-state index is 5.86. The van der Waals surface area contributed by atoms with Crippen molar-refractivity contribution in [2.75, 3.05) is 18.0 Å². The van der Waals surface area contributed by atoms with Crippen LogP contribution in [0.4, 0.5) is 5.69 Å². The zero-order valence-corrected chi connectivity index (χ0v) is 10.7. The molecule has 2 heterocycles. The standard InChI is InChI=1S/C12H18ClN3/c1-3-12(4-2)5-6-16(9-12)10-7-11(13)15-14-8-10/h7-8H,3-6,9H2,1-2H3. The van der Waals surface area contributed by atoms with Crippen molar-refractivity contribution in [3.8, 4) is 0 Å². The molecule has 0 N–H and O–H groups in total. The number of anilines is 1. The Morgan fingerprint density at radius 2 is 2.19 bits per heavy atom. The largest absolute Gasteiger partial charge is 0.370 e.